The van der Waals surface area contributed by atoms with Crippen LogP contribution in [0.15, 0.2) is 48.5 Å². The Morgan fingerprint density at radius 2 is 1.49 bits per heavy atom. The molecule has 2 aromatic rings. The normalized spacial score (nSPS) is 28.3. The number of carbonyl (C=O) groups excluding carboxylic acids is 3. The summed E-state index contributed by atoms with van der Waals surface area (Å²) in [4.78, 5) is 41.4. The summed E-state index contributed by atoms with van der Waals surface area (Å²) < 4.78 is 52.5. The Labute approximate surface area is 309 Å². The van der Waals surface area contributed by atoms with Gasteiger partial charge in [0.05, 0.1) is 24.9 Å². The first-order valence-electron chi connectivity index (χ1n) is 19.0. The van der Waals surface area contributed by atoms with Crippen LogP contribution in [-0.2, 0) is 37.0 Å². The molecule has 1 aliphatic carbocycles. The zero-order valence-electron chi connectivity index (χ0n) is 30.9. The summed E-state index contributed by atoms with van der Waals surface area (Å²) in [6, 6.07) is 13.9. The van der Waals surface area contributed by atoms with Gasteiger partial charge in [0.2, 0.25) is 11.8 Å². The van der Waals surface area contributed by atoms with E-state index in [1.807, 2.05) is 69.3 Å². The SMILES string of the molecule is CC(C)(C)NC(=O)[C@H]1CC[C@H]2CCCC[C@H]2N1C[C@H]1C[C@@H](c2ccc(CO)cc2)O[C@@H](c2ccc(CNC(=O)[C@@H]3CCCN3C(=O)C(F)(F)F)cc2)O1. The van der Waals surface area contributed by atoms with Crippen molar-refractivity contribution in [2.24, 2.45) is 5.92 Å². The second-order valence-corrected chi connectivity index (χ2v) is 16.1. The predicted octanol–water partition coefficient (Wildman–Crippen LogP) is 5.83. The molecule has 0 unspecified atom stereocenters. The lowest BCUT2D eigenvalue weighted by molar-refractivity contribution is -0.255. The second kappa shape index (κ2) is 16.5. The molecular formula is C40H53F3N4O6. The van der Waals surface area contributed by atoms with E-state index in [4.69, 9.17) is 9.47 Å². The predicted molar refractivity (Wildman–Crippen MR) is 191 cm³/mol. The van der Waals surface area contributed by atoms with E-state index < -0.39 is 30.3 Å². The Bertz CT molecular complexity index is 1580. The highest BCUT2D eigenvalue weighted by atomic mass is 19.4. The lowest BCUT2D eigenvalue weighted by Crippen LogP contribution is -2.61. The van der Waals surface area contributed by atoms with Crippen molar-refractivity contribution in [1.29, 1.82) is 0 Å². The molecule has 0 spiro atoms. The number of alkyl halides is 3. The second-order valence-electron chi connectivity index (χ2n) is 16.1. The van der Waals surface area contributed by atoms with Gasteiger partial charge in [-0.25, -0.2) is 0 Å². The molecule has 0 aromatic heterocycles. The third-order valence-corrected chi connectivity index (χ3v) is 11.1. The number of ether oxygens (including phenoxy) is 2. The summed E-state index contributed by atoms with van der Waals surface area (Å²) in [7, 11) is 0. The van der Waals surface area contributed by atoms with E-state index in [-0.39, 0.29) is 55.8 Å². The molecular weight excluding hydrogens is 689 g/mol. The fraction of sp³-hybridized carbons (Fsp3) is 0.625. The Morgan fingerprint density at radius 1 is 0.811 bits per heavy atom. The number of hydrogen-bond acceptors (Lipinski definition) is 7. The van der Waals surface area contributed by atoms with Gasteiger partial charge < -0.3 is 30.1 Å². The molecule has 6 rings (SSSR count). The van der Waals surface area contributed by atoms with Gasteiger partial charge >= 0.3 is 12.1 Å². The molecule has 290 valence electrons. The van der Waals surface area contributed by atoms with Gasteiger partial charge in [-0.15, -0.1) is 0 Å². The maximum atomic E-state index is 13.7. The van der Waals surface area contributed by atoms with Gasteiger partial charge in [-0.05, 0) is 81.9 Å². The van der Waals surface area contributed by atoms with E-state index in [9.17, 15) is 32.7 Å². The molecule has 3 heterocycles. The number of fused-ring (bicyclic) bond motifs is 1. The summed E-state index contributed by atoms with van der Waals surface area (Å²) in [5, 5.41) is 15.6. The third-order valence-electron chi connectivity index (χ3n) is 11.1. The first-order chi connectivity index (χ1) is 25.2. The smallest absolute Gasteiger partial charge is 0.392 e. The highest BCUT2D eigenvalue weighted by Gasteiger charge is 2.48. The summed E-state index contributed by atoms with van der Waals surface area (Å²) in [5.41, 5.74) is 2.89. The Kier molecular flexibility index (Phi) is 12.2. The molecule has 3 N–H and O–H groups in total. The molecule has 3 saturated heterocycles. The number of hydrogen-bond donors (Lipinski definition) is 3. The van der Waals surface area contributed by atoms with Gasteiger partial charge in [0.25, 0.3) is 0 Å². The van der Waals surface area contributed by atoms with Crippen LogP contribution in [0.3, 0.4) is 0 Å². The summed E-state index contributed by atoms with van der Waals surface area (Å²) in [6.07, 6.45) is 1.18. The molecule has 1 saturated carbocycles. The van der Waals surface area contributed by atoms with Gasteiger partial charge in [-0.1, -0.05) is 61.4 Å². The van der Waals surface area contributed by atoms with Crippen LogP contribution in [0.2, 0.25) is 0 Å². The minimum Gasteiger partial charge on any atom is -0.392 e. The minimum absolute atomic E-state index is 0.0524. The Balaban J connectivity index is 1.18. The standard InChI is InChI=1S/C40H53F3N4O6/c1-39(2,3)45-36(50)33-19-18-27-7-4-5-8-31(27)47(33)23-30-21-34(28-14-12-26(24-48)13-15-28)53-37(52-30)29-16-10-25(11-17-29)22-44-35(49)32-9-6-20-46(32)38(51)40(41,42)43/h10-17,27,30-34,37,48H,4-9,18-24H2,1-3H3,(H,44,49)(H,45,50)/t27-,30-,31-,32+,33-,34+,37+/m1/s1. The molecule has 13 heteroatoms. The maximum absolute atomic E-state index is 13.7. The molecule has 4 fully saturated rings. The van der Waals surface area contributed by atoms with Crippen LogP contribution in [0, 0.1) is 5.92 Å². The number of amides is 3. The number of benzene rings is 2. The molecule has 7 atom stereocenters. The van der Waals surface area contributed by atoms with Crippen LogP contribution in [0.5, 0.6) is 0 Å². The van der Waals surface area contributed by atoms with E-state index in [0.29, 0.717) is 36.2 Å². The number of halogens is 3. The fourth-order valence-corrected chi connectivity index (χ4v) is 8.54. The number of likely N-dealkylation sites (tertiary alicyclic amines) is 2. The lowest BCUT2D eigenvalue weighted by Gasteiger charge is -2.50. The summed E-state index contributed by atoms with van der Waals surface area (Å²) in [5.74, 6) is -2.00. The highest BCUT2D eigenvalue weighted by Crippen LogP contribution is 2.42. The zero-order valence-corrected chi connectivity index (χ0v) is 30.9. The zero-order chi connectivity index (χ0) is 37.9. The van der Waals surface area contributed by atoms with E-state index in [2.05, 4.69) is 15.5 Å². The maximum Gasteiger partial charge on any atom is 0.471 e. The molecule has 0 bridgehead atoms. The molecule has 10 nitrogen and oxygen atoms in total. The van der Waals surface area contributed by atoms with Crippen LogP contribution < -0.4 is 10.6 Å². The summed E-state index contributed by atoms with van der Waals surface area (Å²) >= 11 is 0. The van der Waals surface area contributed by atoms with Gasteiger partial charge in [0.15, 0.2) is 6.29 Å². The van der Waals surface area contributed by atoms with E-state index in [0.717, 1.165) is 47.9 Å². The van der Waals surface area contributed by atoms with E-state index in [1.165, 1.54) is 12.8 Å². The monoisotopic (exact) mass is 742 g/mol. The van der Waals surface area contributed by atoms with Crippen LogP contribution in [-0.4, -0.2) is 81.7 Å². The van der Waals surface area contributed by atoms with Crippen molar-refractivity contribution in [2.45, 2.75) is 140 Å². The average Bonchev–Trinajstić information content (AvgIpc) is 3.63. The summed E-state index contributed by atoms with van der Waals surface area (Å²) in [6.45, 7) is 6.49. The van der Waals surface area contributed by atoms with Crippen molar-refractivity contribution in [2.75, 3.05) is 13.1 Å². The number of nitrogens with zero attached hydrogens (tertiary/aromatic N) is 2. The first-order valence-corrected chi connectivity index (χ1v) is 19.0. The largest absolute Gasteiger partial charge is 0.471 e. The lowest BCUT2D eigenvalue weighted by atomic mass is 9.75. The third kappa shape index (κ3) is 9.59. The van der Waals surface area contributed by atoms with Crippen molar-refractivity contribution in [1.82, 2.24) is 20.4 Å². The number of carbonyl (C=O) groups is 3. The molecule has 2 aromatic carbocycles. The highest BCUT2D eigenvalue weighted by molar-refractivity contribution is 5.90. The van der Waals surface area contributed by atoms with Crippen LogP contribution >= 0.6 is 0 Å². The number of aliphatic hydroxyl groups excluding tert-OH is 1. The molecule has 3 amide bonds. The van der Waals surface area contributed by atoms with Crippen molar-refractivity contribution < 1.29 is 42.1 Å². The van der Waals surface area contributed by atoms with Crippen molar-refractivity contribution >= 4 is 17.7 Å². The Hall–Kier alpha value is -3.52. The average molecular weight is 743 g/mol. The van der Waals surface area contributed by atoms with Crippen molar-refractivity contribution in [3.63, 3.8) is 0 Å². The fourth-order valence-electron chi connectivity index (χ4n) is 8.54. The van der Waals surface area contributed by atoms with Crippen LogP contribution in [0.1, 0.15) is 113 Å². The van der Waals surface area contributed by atoms with Crippen molar-refractivity contribution in [3.05, 3.63) is 70.8 Å². The minimum atomic E-state index is -5.03. The quantitative estimate of drug-likeness (QED) is 0.296. The molecule has 4 aliphatic rings. The van der Waals surface area contributed by atoms with E-state index in [1.54, 1.807) is 0 Å². The number of aliphatic hydroxyl groups is 1. The van der Waals surface area contributed by atoms with Crippen LogP contribution in [0.4, 0.5) is 13.2 Å². The number of piperidine rings is 1. The van der Waals surface area contributed by atoms with Gasteiger partial charge in [-0.2, -0.15) is 13.2 Å². The van der Waals surface area contributed by atoms with Gasteiger partial charge in [0.1, 0.15) is 6.04 Å². The van der Waals surface area contributed by atoms with E-state index >= 15 is 0 Å². The Morgan fingerprint density at radius 3 is 2.17 bits per heavy atom. The molecule has 3 aliphatic heterocycles. The number of nitrogens with one attached hydrogen (secondary N) is 2. The van der Waals surface area contributed by atoms with Crippen molar-refractivity contribution in [3.8, 4) is 0 Å². The topological polar surface area (TPSA) is 120 Å². The number of rotatable bonds is 9. The molecule has 0 radical (unpaired) electrons. The van der Waals surface area contributed by atoms with Gasteiger partial charge in [0, 0.05) is 43.2 Å². The van der Waals surface area contributed by atoms with Gasteiger partial charge in [-0.3, -0.25) is 19.3 Å². The first kappa shape index (κ1) is 39.2. The van der Waals surface area contributed by atoms with Crippen LogP contribution in [0.25, 0.3) is 0 Å². The molecule has 53 heavy (non-hydrogen) atoms.